The minimum absolute atomic E-state index is 0.169. The zero-order valence-corrected chi connectivity index (χ0v) is 13.1. The quantitative estimate of drug-likeness (QED) is 0.226. The van der Waals surface area contributed by atoms with Gasteiger partial charge in [-0.3, -0.25) is 4.99 Å². The van der Waals surface area contributed by atoms with Gasteiger partial charge in [0.25, 0.3) is 0 Å². The highest BCUT2D eigenvalue weighted by atomic mass is 35.5. The lowest BCUT2D eigenvalue weighted by Gasteiger charge is -2.04. The predicted molar refractivity (Wildman–Crippen MR) is 86.6 cm³/mol. The van der Waals surface area contributed by atoms with Gasteiger partial charge in [-0.05, 0) is 28.1 Å². The molecule has 0 saturated carbocycles. The number of aromatic nitrogens is 1. The molecule has 1 heterocycles. The van der Waals surface area contributed by atoms with Crippen LogP contribution in [-0.4, -0.2) is 15.7 Å². The van der Waals surface area contributed by atoms with E-state index < -0.39 is 4.92 Å². The molecular weight excluding hydrogens is 343 g/mol. The van der Waals surface area contributed by atoms with Crippen molar-refractivity contribution in [3.63, 3.8) is 0 Å². The lowest BCUT2D eigenvalue weighted by atomic mass is 10.2. The highest BCUT2D eigenvalue weighted by Gasteiger charge is 2.11. The summed E-state index contributed by atoms with van der Waals surface area (Å²) in [5, 5.41) is 18.2. The summed E-state index contributed by atoms with van der Waals surface area (Å²) in [6.07, 6.45) is 1.36. The van der Waals surface area contributed by atoms with Crippen LogP contribution in [0.25, 0.3) is 0 Å². The molecule has 8 nitrogen and oxygen atoms in total. The topological polar surface area (TPSA) is 119 Å². The molecule has 0 radical (unpaired) electrons. The number of rotatable bonds is 4. The van der Waals surface area contributed by atoms with Crippen LogP contribution < -0.4 is 5.84 Å². The lowest BCUT2D eigenvalue weighted by Crippen LogP contribution is -2.01. The fourth-order valence-corrected chi connectivity index (χ4v) is 2.07. The number of amidine groups is 1. The molecule has 2 aromatic rings. The first-order valence-corrected chi connectivity index (χ1v) is 6.97. The Morgan fingerprint density at radius 3 is 2.70 bits per heavy atom. The normalized spacial score (nSPS) is 11.8. The van der Waals surface area contributed by atoms with Gasteiger partial charge < -0.3 is 16.0 Å². The van der Waals surface area contributed by atoms with E-state index in [0.29, 0.717) is 16.1 Å². The van der Waals surface area contributed by atoms with Crippen LogP contribution in [0, 0.1) is 10.1 Å². The second kappa shape index (κ2) is 7.61. The Bertz CT molecular complexity index is 777. The molecule has 0 bridgehead atoms. The zero-order valence-electron chi connectivity index (χ0n) is 11.6. The van der Waals surface area contributed by atoms with Crippen molar-refractivity contribution in [2.24, 2.45) is 21.2 Å². The molecule has 0 aliphatic rings. The van der Waals surface area contributed by atoms with E-state index in [0.717, 1.165) is 0 Å². The number of nitrogens with two attached hydrogens (primary N) is 1. The molecule has 0 fully saturated rings. The number of pyridine rings is 1. The van der Waals surface area contributed by atoms with Crippen LogP contribution in [0.3, 0.4) is 0 Å². The van der Waals surface area contributed by atoms with Crippen molar-refractivity contribution >= 4 is 34.9 Å². The van der Waals surface area contributed by atoms with Crippen molar-refractivity contribution in [2.45, 2.75) is 6.54 Å². The fraction of sp³-hybridized carbons (Fsp3) is 0.0769. The van der Waals surface area contributed by atoms with E-state index in [2.05, 4.69) is 20.3 Å². The molecule has 0 atom stereocenters. The molecule has 0 aliphatic carbocycles. The summed E-state index contributed by atoms with van der Waals surface area (Å²) < 4.78 is 0. The first-order chi connectivity index (χ1) is 11.0. The standard InChI is InChI=1S/C13H10Cl2N6O2/c14-10-3-1-2-9(12(10)15)13(19-20-16)18-7-8-4-5-11(17-6-8)21(22)23/h1-6H,7H2,(H2,16,18,19). The van der Waals surface area contributed by atoms with Crippen molar-refractivity contribution < 1.29 is 4.92 Å². The number of hydrogen-bond acceptors (Lipinski definition) is 5. The summed E-state index contributed by atoms with van der Waals surface area (Å²) in [6, 6.07) is 7.84. The lowest BCUT2D eigenvalue weighted by molar-refractivity contribution is -0.389. The fourth-order valence-electron chi connectivity index (χ4n) is 1.69. The van der Waals surface area contributed by atoms with E-state index in [1.807, 2.05) is 0 Å². The second-order valence-electron chi connectivity index (χ2n) is 4.24. The van der Waals surface area contributed by atoms with Crippen molar-refractivity contribution in [1.29, 1.82) is 0 Å². The van der Waals surface area contributed by atoms with Gasteiger partial charge in [-0.2, -0.15) is 0 Å². The third kappa shape index (κ3) is 4.21. The minimum Gasteiger partial charge on any atom is -0.358 e. The number of halogens is 2. The zero-order chi connectivity index (χ0) is 16.8. The van der Waals surface area contributed by atoms with Crippen LogP contribution in [-0.2, 0) is 6.54 Å². The van der Waals surface area contributed by atoms with E-state index in [1.165, 1.54) is 12.3 Å². The third-order valence-corrected chi connectivity index (χ3v) is 3.57. The maximum atomic E-state index is 10.6. The first-order valence-electron chi connectivity index (χ1n) is 6.22. The molecule has 118 valence electrons. The van der Waals surface area contributed by atoms with Crippen LogP contribution in [0.15, 0.2) is 51.9 Å². The summed E-state index contributed by atoms with van der Waals surface area (Å²) in [5.74, 6) is 5.05. The van der Waals surface area contributed by atoms with Gasteiger partial charge in [0.1, 0.15) is 6.20 Å². The summed E-state index contributed by atoms with van der Waals surface area (Å²) >= 11 is 12.1. The van der Waals surface area contributed by atoms with E-state index in [4.69, 9.17) is 29.0 Å². The highest BCUT2D eigenvalue weighted by Crippen LogP contribution is 2.26. The van der Waals surface area contributed by atoms with Crippen molar-refractivity contribution in [2.75, 3.05) is 0 Å². The van der Waals surface area contributed by atoms with E-state index in [1.54, 1.807) is 24.3 Å². The summed E-state index contributed by atoms with van der Waals surface area (Å²) in [4.78, 5) is 18.0. The monoisotopic (exact) mass is 352 g/mol. The number of nitrogens with zero attached hydrogens (tertiary/aromatic N) is 5. The van der Waals surface area contributed by atoms with Gasteiger partial charge in [-0.1, -0.05) is 34.5 Å². The van der Waals surface area contributed by atoms with Crippen molar-refractivity contribution in [3.8, 4) is 0 Å². The number of aliphatic imine (C=N–C) groups is 1. The minimum atomic E-state index is -0.577. The van der Waals surface area contributed by atoms with Crippen LogP contribution in [0.1, 0.15) is 11.1 Å². The van der Waals surface area contributed by atoms with Crippen molar-refractivity contribution in [1.82, 2.24) is 4.98 Å². The Morgan fingerprint density at radius 2 is 2.09 bits per heavy atom. The molecule has 2 N–H and O–H groups in total. The molecule has 10 heteroatoms. The van der Waals surface area contributed by atoms with Crippen LogP contribution in [0.2, 0.25) is 10.0 Å². The average molecular weight is 353 g/mol. The first kappa shape index (κ1) is 16.8. The predicted octanol–water partition coefficient (Wildman–Crippen LogP) is 3.57. The van der Waals surface area contributed by atoms with Crippen LogP contribution in [0.4, 0.5) is 5.82 Å². The smallest absolute Gasteiger partial charge is 0.358 e. The summed E-state index contributed by atoms with van der Waals surface area (Å²) in [6.45, 7) is 0.169. The van der Waals surface area contributed by atoms with Gasteiger partial charge in [0.2, 0.25) is 0 Å². The largest absolute Gasteiger partial charge is 0.363 e. The molecular formula is C13H10Cl2N6O2. The molecule has 0 aliphatic heterocycles. The summed E-state index contributed by atoms with van der Waals surface area (Å²) in [5.41, 5.74) is 1.13. The molecule has 0 unspecified atom stereocenters. The Labute approximate surface area is 140 Å². The second-order valence-corrected chi connectivity index (χ2v) is 5.02. The molecule has 0 amide bonds. The van der Waals surface area contributed by atoms with Crippen LogP contribution in [0.5, 0.6) is 0 Å². The van der Waals surface area contributed by atoms with Gasteiger partial charge in [-0.15, -0.1) is 5.11 Å². The number of hydrogen-bond donors (Lipinski definition) is 1. The van der Waals surface area contributed by atoms with Crippen LogP contribution >= 0.6 is 23.2 Å². The maximum Gasteiger partial charge on any atom is 0.363 e. The summed E-state index contributed by atoms with van der Waals surface area (Å²) in [7, 11) is 0. The Kier molecular flexibility index (Phi) is 5.56. The highest BCUT2D eigenvalue weighted by molar-refractivity contribution is 6.44. The van der Waals surface area contributed by atoms with E-state index >= 15 is 0 Å². The maximum absolute atomic E-state index is 10.6. The Balaban J connectivity index is 2.29. The number of nitro groups is 1. The molecule has 1 aromatic heterocycles. The van der Waals surface area contributed by atoms with E-state index in [9.17, 15) is 10.1 Å². The Hall–Kier alpha value is -2.58. The molecule has 0 saturated heterocycles. The molecule has 23 heavy (non-hydrogen) atoms. The molecule has 2 rings (SSSR count). The van der Waals surface area contributed by atoms with Gasteiger partial charge in [-0.25, -0.2) is 0 Å². The van der Waals surface area contributed by atoms with Gasteiger partial charge in [0.05, 0.1) is 16.6 Å². The van der Waals surface area contributed by atoms with Crippen molar-refractivity contribution in [3.05, 3.63) is 67.8 Å². The van der Waals surface area contributed by atoms with E-state index in [-0.39, 0.29) is 23.2 Å². The molecule has 0 spiro atoms. The molecule has 1 aromatic carbocycles. The average Bonchev–Trinajstić information content (AvgIpc) is 2.54. The van der Waals surface area contributed by atoms with Gasteiger partial charge in [0, 0.05) is 17.2 Å². The van der Waals surface area contributed by atoms with Gasteiger partial charge >= 0.3 is 5.82 Å². The number of benzene rings is 1. The van der Waals surface area contributed by atoms with Gasteiger partial charge in [0.15, 0.2) is 5.84 Å². The SMILES string of the molecule is NN=NC(=NCc1ccc([N+](=O)[O-])nc1)c1cccc(Cl)c1Cl. The Morgan fingerprint density at radius 1 is 1.30 bits per heavy atom. The third-order valence-electron chi connectivity index (χ3n) is 2.75.